The number of rotatable bonds is 8. The first-order valence-electron chi connectivity index (χ1n) is 8.40. The Bertz CT molecular complexity index is 273. The largest absolute Gasteiger partial charge is 0.356 e. The predicted molar refractivity (Wildman–Crippen MR) is 84.7 cm³/mol. The molecule has 0 aromatic carbocycles. The Labute approximate surface area is 124 Å². The topological polar surface area (TPSA) is 58.4 Å². The molecule has 1 aliphatic rings. The van der Waals surface area contributed by atoms with E-state index in [1.807, 2.05) is 6.92 Å². The summed E-state index contributed by atoms with van der Waals surface area (Å²) in [4.78, 5) is 14.2. The summed E-state index contributed by atoms with van der Waals surface area (Å²) in [5, 5.41) is 2.89. The van der Waals surface area contributed by atoms with Gasteiger partial charge in [-0.15, -0.1) is 0 Å². The first-order chi connectivity index (χ1) is 9.68. The Morgan fingerprint density at radius 3 is 2.30 bits per heavy atom. The molecule has 0 spiro atoms. The Balaban J connectivity index is 2.66. The first kappa shape index (κ1) is 17.4. The third-order valence-corrected chi connectivity index (χ3v) is 4.56. The van der Waals surface area contributed by atoms with Gasteiger partial charge in [0.15, 0.2) is 0 Å². The second-order valence-corrected chi connectivity index (χ2v) is 6.03. The third kappa shape index (κ3) is 5.06. The molecule has 0 saturated heterocycles. The van der Waals surface area contributed by atoms with Crippen molar-refractivity contribution in [3.63, 3.8) is 0 Å². The highest BCUT2D eigenvalue weighted by molar-refractivity contribution is 5.75. The van der Waals surface area contributed by atoms with Crippen LogP contribution in [0, 0.1) is 0 Å². The van der Waals surface area contributed by atoms with Crippen LogP contribution < -0.4 is 11.1 Å². The summed E-state index contributed by atoms with van der Waals surface area (Å²) in [5.74, 6) is 0.161. The molecule has 4 heteroatoms. The molecule has 3 N–H and O–H groups in total. The van der Waals surface area contributed by atoms with Crippen molar-refractivity contribution in [1.82, 2.24) is 10.2 Å². The number of amides is 1. The van der Waals surface area contributed by atoms with Gasteiger partial charge in [-0.1, -0.05) is 32.6 Å². The van der Waals surface area contributed by atoms with Crippen molar-refractivity contribution >= 4 is 5.91 Å². The quantitative estimate of drug-likeness (QED) is 0.672. The number of hydrogen-bond acceptors (Lipinski definition) is 3. The molecule has 1 saturated carbocycles. The molecule has 1 amide bonds. The maximum Gasteiger partial charge on any atom is 0.221 e. The van der Waals surface area contributed by atoms with Gasteiger partial charge in [0, 0.05) is 31.6 Å². The molecular weight excluding hydrogens is 250 g/mol. The number of carbonyl (C=O) groups excluding carboxylic acids is 1. The molecule has 1 rings (SSSR count). The average Bonchev–Trinajstić information content (AvgIpc) is 2.70. The SMILES string of the molecule is CCCN(CCC(=O)NCC)C1(CN)CCCCCC1. The molecule has 0 unspecified atom stereocenters. The number of nitrogens with zero attached hydrogens (tertiary/aromatic N) is 1. The van der Waals surface area contributed by atoms with E-state index < -0.39 is 0 Å². The van der Waals surface area contributed by atoms with E-state index >= 15 is 0 Å². The standard InChI is InChI=1S/C16H33N3O/c1-3-12-19(13-9-15(20)18-4-2)16(14-17)10-7-5-6-8-11-16/h3-14,17H2,1-2H3,(H,18,20). The van der Waals surface area contributed by atoms with E-state index in [1.165, 1.54) is 38.5 Å². The van der Waals surface area contributed by atoms with E-state index in [4.69, 9.17) is 5.73 Å². The lowest BCUT2D eigenvalue weighted by atomic mass is 9.87. The Kier molecular flexibility index (Phi) is 8.15. The summed E-state index contributed by atoms with van der Waals surface area (Å²) >= 11 is 0. The van der Waals surface area contributed by atoms with Crippen molar-refractivity contribution in [3.05, 3.63) is 0 Å². The number of nitrogens with two attached hydrogens (primary N) is 1. The van der Waals surface area contributed by atoms with E-state index in [0.717, 1.165) is 26.1 Å². The van der Waals surface area contributed by atoms with Crippen LogP contribution in [0.5, 0.6) is 0 Å². The van der Waals surface area contributed by atoms with Gasteiger partial charge in [-0.05, 0) is 32.7 Å². The minimum Gasteiger partial charge on any atom is -0.356 e. The zero-order chi connectivity index (χ0) is 14.8. The molecule has 0 atom stereocenters. The average molecular weight is 283 g/mol. The van der Waals surface area contributed by atoms with Crippen molar-refractivity contribution in [2.75, 3.05) is 26.2 Å². The van der Waals surface area contributed by atoms with Crippen LogP contribution in [0.15, 0.2) is 0 Å². The lowest BCUT2D eigenvalue weighted by molar-refractivity contribution is -0.121. The van der Waals surface area contributed by atoms with Gasteiger partial charge in [0.25, 0.3) is 0 Å². The summed E-state index contributed by atoms with van der Waals surface area (Å²) in [6.07, 6.45) is 9.32. The predicted octanol–water partition coefficient (Wildman–Crippen LogP) is 2.28. The smallest absolute Gasteiger partial charge is 0.221 e. The van der Waals surface area contributed by atoms with Crippen LogP contribution in [-0.4, -0.2) is 42.5 Å². The maximum atomic E-state index is 11.7. The second kappa shape index (κ2) is 9.35. The normalized spacial score (nSPS) is 18.8. The number of carbonyl (C=O) groups is 1. The molecule has 0 radical (unpaired) electrons. The highest BCUT2D eigenvalue weighted by atomic mass is 16.1. The van der Waals surface area contributed by atoms with Crippen LogP contribution in [-0.2, 0) is 4.79 Å². The Morgan fingerprint density at radius 2 is 1.80 bits per heavy atom. The van der Waals surface area contributed by atoms with Crippen molar-refractivity contribution < 1.29 is 4.79 Å². The summed E-state index contributed by atoms with van der Waals surface area (Å²) in [7, 11) is 0. The van der Waals surface area contributed by atoms with Gasteiger partial charge >= 0.3 is 0 Å². The molecule has 0 aliphatic heterocycles. The van der Waals surface area contributed by atoms with Crippen LogP contribution in [0.2, 0.25) is 0 Å². The van der Waals surface area contributed by atoms with Gasteiger partial charge in [-0.25, -0.2) is 0 Å². The van der Waals surface area contributed by atoms with Crippen LogP contribution in [0.1, 0.15) is 65.2 Å². The molecule has 0 heterocycles. The zero-order valence-corrected chi connectivity index (χ0v) is 13.4. The zero-order valence-electron chi connectivity index (χ0n) is 13.4. The monoisotopic (exact) mass is 283 g/mol. The molecule has 4 nitrogen and oxygen atoms in total. The molecule has 0 bridgehead atoms. The van der Waals surface area contributed by atoms with Gasteiger partial charge in [0.05, 0.1) is 0 Å². The van der Waals surface area contributed by atoms with Crippen LogP contribution in [0.3, 0.4) is 0 Å². The van der Waals surface area contributed by atoms with Gasteiger partial charge in [0.2, 0.25) is 5.91 Å². The van der Waals surface area contributed by atoms with Crippen LogP contribution >= 0.6 is 0 Å². The van der Waals surface area contributed by atoms with Gasteiger partial charge in [0.1, 0.15) is 0 Å². The lowest BCUT2D eigenvalue weighted by Crippen LogP contribution is -2.54. The fourth-order valence-corrected chi connectivity index (χ4v) is 3.41. The number of hydrogen-bond donors (Lipinski definition) is 2. The van der Waals surface area contributed by atoms with Gasteiger partial charge in [-0.2, -0.15) is 0 Å². The van der Waals surface area contributed by atoms with E-state index in [1.54, 1.807) is 0 Å². The van der Waals surface area contributed by atoms with E-state index in [-0.39, 0.29) is 11.4 Å². The third-order valence-electron chi connectivity index (χ3n) is 4.56. The molecule has 0 aromatic heterocycles. The molecule has 1 aliphatic carbocycles. The molecule has 0 aromatic rings. The molecule has 20 heavy (non-hydrogen) atoms. The van der Waals surface area contributed by atoms with Crippen LogP contribution in [0.4, 0.5) is 0 Å². The summed E-state index contributed by atoms with van der Waals surface area (Å²) in [6.45, 7) is 7.51. The summed E-state index contributed by atoms with van der Waals surface area (Å²) in [5.41, 5.74) is 6.30. The van der Waals surface area contributed by atoms with Crippen LogP contribution in [0.25, 0.3) is 0 Å². The second-order valence-electron chi connectivity index (χ2n) is 6.03. The minimum atomic E-state index is 0.138. The first-order valence-corrected chi connectivity index (χ1v) is 8.40. The molecular formula is C16H33N3O. The fourth-order valence-electron chi connectivity index (χ4n) is 3.41. The van der Waals surface area contributed by atoms with E-state index in [9.17, 15) is 4.79 Å². The summed E-state index contributed by atoms with van der Waals surface area (Å²) in [6, 6.07) is 0. The van der Waals surface area contributed by atoms with Crippen molar-refractivity contribution in [2.24, 2.45) is 5.73 Å². The number of nitrogens with one attached hydrogen (secondary N) is 1. The Hall–Kier alpha value is -0.610. The summed E-state index contributed by atoms with van der Waals surface area (Å²) < 4.78 is 0. The van der Waals surface area contributed by atoms with E-state index in [0.29, 0.717) is 13.0 Å². The molecule has 1 fully saturated rings. The van der Waals surface area contributed by atoms with Gasteiger partial charge < -0.3 is 11.1 Å². The molecule has 118 valence electrons. The van der Waals surface area contributed by atoms with Crippen molar-refractivity contribution in [1.29, 1.82) is 0 Å². The van der Waals surface area contributed by atoms with Crippen molar-refractivity contribution in [2.45, 2.75) is 70.8 Å². The fraction of sp³-hybridized carbons (Fsp3) is 0.938. The van der Waals surface area contributed by atoms with Crippen molar-refractivity contribution in [3.8, 4) is 0 Å². The highest BCUT2D eigenvalue weighted by Gasteiger charge is 2.35. The van der Waals surface area contributed by atoms with E-state index in [2.05, 4.69) is 17.1 Å². The van der Waals surface area contributed by atoms with Gasteiger partial charge in [-0.3, -0.25) is 9.69 Å². The minimum absolute atomic E-state index is 0.138. The maximum absolute atomic E-state index is 11.7. The Morgan fingerprint density at radius 1 is 1.15 bits per heavy atom. The lowest BCUT2D eigenvalue weighted by Gasteiger charge is -2.43. The highest BCUT2D eigenvalue weighted by Crippen LogP contribution is 2.32.